The monoisotopic (exact) mass is 373 g/mol. The minimum atomic E-state index is -0.740. The van der Waals surface area contributed by atoms with Gasteiger partial charge in [0.25, 0.3) is 0 Å². The smallest absolute Gasteiger partial charge is 0.317 e. The van der Waals surface area contributed by atoms with Gasteiger partial charge in [-0.1, -0.05) is 18.2 Å². The van der Waals surface area contributed by atoms with Gasteiger partial charge in [0.2, 0.25) is 5.91 Å². The molecule has 1 heterocycles. The van der Waals surface area contributed by atoms with Gasteiger partial charge in [-0.05, 0) is 50.7 Å². The molecule has 146 valence electrons. The Morgan fingerprint density at radius 3 is 2.11 bits per heavy atom. The summed E-state index contributed by atoms with van der Waals surface area (Å²) < 4.78 is 0. The van der Waals surface area contributed by atoms with Crippen molar-refractivity contribution in [3.8, 4) is 0 Å². The van der Waals surface area contributed by atoms with Crippen molar-refractivity contribution in [3.05, 3.63) is 30.3 Å². The van der Waals surface area contributed by atoms with Crippen molar-refractivity contribution >= 4 is 23.6 Å². The molecule has 27 heavy (non-hydrogen) atoms. The number of carboxylic acids is 1. The van der Waals surface area contributed by atoms with E-state index in [0.717, 1.165) is 5.69 Å². The molecule has 7 heteroatoms. The molecular weight excluding hydrogens is 346 g/mol. The third-order valence-corrected chi connectivity index (χ3v) is 5.60. The van der Waals surface area contributed by atoms with Crippen molar-refractivity contribution in [2.24, 2.45) is 11.8 Å². The number of para-hydroxylation sites is 1. The molecular formula is C20H27N3O4. The van der Waals surface area contributed by atoms with Crippen LogP contribution >= 0.6 is 0 Å². The Balaban J connectivity index is 1.40. The van der Waals surface area contributed by atoms with Crippen molar-refractivity contribution in [2.45, 2.75) is 44.6 Å². The zero-order valence-electron chi connectivity index (χ0n) is 15.4. The number of aliphatic carboxylic acids is 1. The second-order valence-corrected chi connectivity index (χ2v) is 7.45. The molecule has 1 aromatic carbocycles. The van der Waals surface area contributed by atoms with Crippen molar-refractivity contribution in [2.75, 3.05) is 18.4 Å². The van der Waals surface area contributed by atoms with E-state index in [9.17, 15) is 14.4 Å². The maximum atomic E-state index is 12.4. The van der Waals surface area contributed by atoms with Crippen LogP contribution in [0.4, 0.5) is 10.5 Å². The maximum Gasteiger partial charge on any atom is 0.317 e. The molecule has 1 aliphatic carbocycles. The number of carboxylic acid groups (broad SMARTS) is 1. The highest BCUT2D eigenvalue weighted by molar-refractivity contribution is 5.92. The Labute approximate surface area is 159 Å². The molecule has 0 spiro atoms. The first-order valence-electron chi connectivity index (χ1n) is 9.67. The van der Waals surface area contributed by atoms with E-state index in [2.05, 4.69) is 10.6 Å². The number of rotatable bonds is 4. The lowest BCUT2D eigenvalue weighted by Gasteiger charge is -2.34. The van der Waals surface area contributed by atoms with Crippen LogP contribution in [-0.4, -0.2) is 47.0 Å². The summed E-state index contributed by atoms with van der Waals surface area (Å²) in [6.07, 6.45) is 3.94. The highest BCUT2D eigenvalue weighted by Crippen LogP contribution is 2.25. The summed E-state index contributed by atoms with van der Waals surface area (Å²) in [6.45, 7) is 1.12. The Morgan fingerprint density at radius 2 is 1.52 bits per heavy atom. The van der Waals surface area contributed by atoms with E-state index >= 15 is 0 Å². The van der Waals surface area contributed by atoms with Gasteiger partial charge < -0.3 is 20.6 Å². The van der Waals surface area contributed by atoms with Gasteiger partial charge >= 0.3 is 12.0 Å². The van der Waals surface area contributed by atoms with E-state index in [1.807, 2.05) is 30.3 Å². The van der Waals surface area contributed by atoms with E-state index in [4.69, 9.17) is 5.11 Å². The van der Waals surface area contributed by atoms with E-state index < -0.39 is 5.97 Å². The molecule has 1 saturated heterocycles. The normalized spacial score (nSPS) is 23.5. The zero-order valence-corrected chi connectivity index (χ0v) is 15.4. The fourth-order valence-electron chi connectivity index (χ4n) is 3.86. The number of hydrogen-bond acceptors (Lipinski definition) is 3. The Hall–Kier alpha value is -2.57. The molecule has 1 saturated carbocycles. The van der Waals surface area contributed by atoms with Crippen LogP contribution in [0.5, 0.6) is 0 Å². The number of carbonyl (C=O) groups is 3. The molecule has 0 aromatic heterocycles. The molecule has 3 N–H and O–H groups in total. The van der Waals surface area contributed by atoms with E-state index in [1.165, 1.54) is 0 Å². The predicted molar refractivity (Wildman–Crippen MR) is 101 cm³/mol. The number of nitrogens with one attached hydrogen (secondary N) is 2. The van der Waals surface area contributed by atoms with Crippen LogP contribution in [0.25, 0.3) is 0 Å². The average Bonchev–Trinajstić information content (AvgIpc) is 2.69. The fourth-order valence-corrected chi connectivity index (χ4v) is 3.86. The summed E-state index contributed by atoms with van der Waals surface area (Å²) >= 11 is 0. The van der Waals surface area contributed by atoms with Crippen LogP contribution in [0, 0.1) is 11.8 Å². The second-order valence-electron chi connectivity index (χ2n) is 7.45. The summed E-state index contributed by atoms with van der Waals surface area (Å²) in [5.74, 6) is -1.10. The van der Waals surface area contributed by atoms with Crippen molar-refractivity contribution in [3.63, 3.8) is 0 Å². The number of hydrogen-bond donors (Lipinski definition) is 3. The Kier molecular flexibility index (Phi) is 6.32. The summed E-state index contributed by atoms with van der Waals surface area (Å²) in [5.41, 5.74) is 0.791. The molecule has 2 aliphatic rings. The molecule has 0 unspecified atom stereocenters. The van der Waals surface area contributed by atoms with Crippen LogP contribution in [0.15, 0.2) is 30.3 Å². The van der Waals surface area contributed by atoms with Gasteiger partial charge in [0.05, 0.1) is 5.92 Å². The summed E-state index contributed by atoms with van der Waals surface area (Å²) in [5, 5.41) is 15.0. The van der Waals surface area contributed by atoms with Crippen LogP contribution in [0.1, 0.15) is 38.5 Å². The van der Waals surface area contributed by atoms with E-state index in [-0.39, 0.29) is 29.8 Å². The Morgan fingerprint density at radius 1 is 0.889 bits per heavy atom. The highest BCUT2D eigenvalue weighted by Gasteiger charge is 2.30. The van der Waals surface area contributed by atoms with Gasteiger partial charge in [-0.2, -0.15) is 0 Å². The van der Waals surface area contributed by atoms with Crippen LogP contribution < -0.4 is 10.6 Å². The lowest BCUT2D eigenvalue weighted by molar-refractivity contribution is -0.142. The molecule has 0 atom stereocenters. The third kappa shape index (κ3) is 5.21. The molecule has 3 rings (SSSR count). The van der Waals surface area contributed by atoms with E-state index in [1.54, 1.807) is 4.90 Å². The molecule has 2 fully saturated rings. The maximum absolute atomic E-state index is 12.4. The van der Waals surface area contributed by atoms with Crippen LogP contribution in [-0.2, 0) is 9.59 Å². The van der Waals surface area contributed by atoms with Gasteiger partial charge in [0, 0.05) is 30.7 Å². The number of carbonyl (C=O) groups excluding carboxylic acids is 2. The largest absolute Gasteiger partial charge is 0.481 e. The van der Waals surface area contributed by atoms with Gasteiger partial charge in [-0.25, -0.2) is 4.79 Å². The number of urea groups is 1. The van der Waals surface area contributed by atoms with Gasteiger partial charge in [-0.15, -0.1) is 0 Å². The highest BCUT2D eigenvalue weighted by atomic mass is 16.4. The lowest BCUT2D eigenvalue weighted by Crippen LogP contribution is -2.49. The number of nitrogens with zero attached hydrogens (tertiary/aromatic N) is 1. The minimum absolute atomic E-state index is 0.00764. The van der Waals surface area contributed by atoms with Gasteiger partial charge in [0.15, 0.2) is 0 Å². The predicted octanol–water partition coefficient (Wildman–Crippen LogP) is 2.69. The topological polar surface area (TPSA) is 98.7 Å². The third-order valence-electron chi connectivity index (χ3n) is 5.60. The van der Waals surface area contributed by atoms with Crippen molar-refractivity contribution < 1.29 is 19.5 Å². The molecule has 3 amide bonds. The first kappa shape index (κ1) is 19.2. The second kappa shape index (κ2) is 8.88. The molecule has 1 aromatic rings. The first-order chi connectivity index (χ1) is 13.0. The molecule has 0 radical (unpaired) electrons. The fraction of sp³-hybridized carbons (Fsp3) is 0.550. The number of anilines is 1. The molecule has 7 nitrogen and oxygen atoms in total. The number of benzene rings is 1. The SMILES string of the molecule is O=C(O)C1CCC(NC(=O)N2CCC(C(=O)Nc3ccccc3)CC2)CC1. The summed E-state index contributed by atoms with van der Waals surface area (Å²) in [4.78, 5) is 37.6. The quantitative estimate of drug-likeness (QED) is 0.756. The van der Waals surface area contributed by atoms with Gasteiger partial charge in [0.1, 0.15) is 0 Å². The number of amides is 3. The van der Waals surface area contributed by atoms with Crippen molar-refractivity contribution in [1.82, 2.24) is 10.2 Å². The number of piperidine rings is 1. The average molecular weight is 373 g/mol. The summed E-state index contributed by atoms with van der Waals surface area (Å²) in [6, 6.07) is 9.34. The Bertz CT molecular complexity index is 663. The van der Waals surface area contributed by atoms with Gasteiger partial charge in [-0.3, -0.25) is 9.59 Å². The first-order valence-corrected chi connectivity index (χ1v) is 9.67. The minimum Gasteiger partial charge on any atom is -0.481 e. The zero-order chi connectivity index (χ0) is 19.2. The standard InChI is InChI=1S/C20H27N3O4/c24-18(21-16-4-2-1-3-5-16)14-10-12-23(13-11-14)20(27)22-17-8-6-15(7-9-17)19(25)26/h1-5,14-15,17H,6-13H2,(H,21,24)(H,22,27)(H,25,26). The van der Waals surface area contributed by atoms with Crippen LogP contribution in [0.3, 0.4) is 0 Å². The summed E-state index contributed by atoms with van der Waals surface area (Å²) in [7, 11) is 0. The number of likely N-dealkylation sites (tertiary alicyclic amines) is 1. The molecule has 0 bridgehead atoms. The van der Waals surface area contributed by atoms with Crippen molar-refractivity contribution in [1.29, 1.82) is 0 Å². The van der Waals surface area contributed by atoms with Crippen LogP contribution in [0.2, 0.25) is 0 Å². The lowest BCUT2D eigenvalue weighted by atomic mass is 9.86. The molecule has 1 aliphatic heterocycles. The van der Waals surface area contributed by atoms with E-state index in [0.29, 0.717) is 51.6 Å².